The quantitative estimate of drug-likeness (QED) is 0.529. The number of ether oxygens (including phenoxy) is 1. The second-order valence-corrected chi connectivity index (χ2v) is 8.51. The molecule has 2 heterocycles. The number of nitrogens with zero attached hydrogens (tertiary/aromatic N) is 3. The van der Waals surface area contributed by atoms with E-state index in [4.69, 9.17) is 14.8 Å². The van der Waals surface area contributed by atoms with E-state index in [2.05, 4.69) is 56.6 Å². The van der Waals surface area contributed by atoms with Gasteiger partial charge in [-0.1, -0.05) is 19.9 Å². The monoisotopic (exact) mass is 428 g/mol. The maximum Gasteiger partial charge on any atom is 0.165 e. The van der Waals surface area contributed by atoms with Crippen molar-refractivity contribution in [2.75, 3.05) is 12.4 Å². The molecule has 3 aromatic rings. The number of anilines is 1. The number of fused-ring (bicyclic) bond motifs is 2. The van der Waals surface area contributed by atoms with Crippen molar-refractivity contribution in [2.45, 2.75) is 72.3 Å². The maximum absolute atomic E-state index is 5.40. The summed E-state index contributed by atoms with van der Waals surface area (Å²) in [5.74, 6) is 2.01. The molecule has 0 amide bonds. The lowest BCUT2D eigenvalue weighted by atomic mass is 9.95. The van der Waals surface area contributed by atoms with Gasteiger partial charge < -0.3 is 10.1 Å². The molecule has 162 valence electrons. The van der Waals surface area contributed by atoms with Crippen molar-refractivity contribution in [2.24, 2.45) is 0 Å². The molecular weight excluding hydrogens is 396 g/mol. The third kappa shape index (κ3) is 3.64. The summed E-state index contributed by atoms with van der Waals surface area (Å²) in [6.45, 7) is 11.0. The van der Waals surface area contributed by atoms with Gasteiger partial charge >= 0.3 is 0 Å². The standard InChI is InChI=1S/C24H32N4O.ClH/c1-7-24(5,8-2)26-22-19-10-9-11-20(19)25-23-21(16(4)27-28(22)23)18-13-12-17(29-6)14-15(18)3;/h12-14,26H,7-11H2,1-6H3;1H. The van der Waals surface area contributed by atoms with Crippen LogP contribution in [0.3, 0.4) is 0 Å². The summed E-state index contributed by atoms with van der Waals surface area (Å²) >= 11 is 0. The Hall–Kier alpha value is -2.27. The van der Waals surface area contributed by atoms with Gasteiger partial charge in [-0.15, -0.1) is 12.4 Å². The SMILES string of the molecule is CCC(C)(CC)Nc1c2c(nc3c(-c4ccc(OC)cc4C)c(C)nn13)CCC2.Cl. The fourth-order valence-corrected chi connectivity index (χ4v) is 4.34. The van der Waals surface area contributed by atoms with Crippen LogP contribution in [0, 0.1) is 13.8 Å². The molecule has 1 aromatic carbocycles. The normalized spacial score (nSPS) is 13.3. The lowest BCUT2D eigenvalue weighted by molar-refractivity contribution is 0.414. The van der Waals surface area contributed by atoms with E-state index in [1.165, 1.54) is 22.4 Å². The van der Waals surface area contributed by atoms with E-state index in [0.29, 0.717) is 0 Å². The average Bonchev–Trinajstić information content (AvgIpc) is 3.32. The zero-order chi connectivity index (χ0) is 20.8. The molecule has 0 unspecified atom stereocenters. The van der Waals surface area contributed by atoms with E-state index in [0.717, 1.165) is 60.6 Å². The number of nitrogens with one attached hydrogen (secondary N) is 1. The predicted octanol–water partition coefficient (Wildman–Crippen LogP) is 5.92. The summed E-state index contributed by atoms with van der Waals surface area (Å²) in [7, 11) is 1.70. The highest BCUT2D eigenvalue weighted by molar-refractivity contribution is 5.85. The van der Waals surface area contributed by atoms with Crippen molar-refractivity contribution >= 4 is 23.9 Å². The predicted molar refractivity (Wildman–Crippen MR) is 126 cm³/mol. The van der Waals surface area contributed by atoms with Crippen LogP contribution in [0.5, 0.6) is 5.75 Å². The number of hydrogen-bond acceptors (Lipinski definition) is 4. The van der Waals surface area contributed by atoms with E-state index in [1.54, 1.807) is 7.11 Å². The van der Waals surface area contributed by atoms with Crippen LogP contribution in [0.25, 0.3) is 16.8 Å². The van der Waals surface area contributed by atoms with Crippen LogP contribution >= 0.6 is 12.4 Å². The molecule has 1 aliphatic carbocycles. The third-order valence-electron chi connectivity index (χ3n) is 6.65. The molecule has 4 rings (SSSR count). The highest BCUT2D eigenvalue weighted by Crippen LogP contribution is 2.37. The second kappa shape index (κ2) is 8.46. The molecule has 2 aromatic heterocycles. The maximum atomic E-state index is 5.40. The van der Waals surface area contributed by atoms with Gasteiger partial charge in [0.1, 0.15) is 11.6 Å². The number of halogens is 1. The van der Waals surface area contributed by atoms with Gasteiger partial charge in [-0.05, 0) is 76.1 Å². The largest absolute Gasteiger partial charge is 0.497 e. The molecule has 0 radical (unpaired) electrons. The first-order chi connectivity index (χ1) is 13.9. The minimum Gasteiger partial charge on any atom is -0.497 e. The first-order valence-corrected chi connectivity index (χ1v) is 10.7. The smallest absolute Gasteiger partial charge is 0.165 e. The van der Waals surface area contributed by atoms with Crippen LogP contribution in [0.15, 0.2) is 18.2 Å². The Labute approximate surface area is 185 Å². The Morgan fingerprint density at radius 1 is 1.17 bits per heavy atom. The van der Waals surface area contributed by atoms with Gasteiger partial charge in [-0.25, -0.2) is 4.98 Å². The van der Waals surface area contributed by atoms with Gasteiger partial charge in [-0.3, -0.25) is 0 Å². The molecule has 0 bridgehead atoms. The molecule has 0 aliphatic heterocycles. The van der Waals surface area contributed by atoms with Crippen molar-refractivity contribution in [3.63, 3.8) is 0 Å². The molecule has 6 heteroatoms. The minimum absolute atomic E-state index is 0. The van der Waals surface area contributed by atoms with Crippen LogP contribution in [-0.2, 0) is 12.8 Å². The minimum atomic E-state index is 0. The van der Waals surface area contributed by atoms with Crippen molar-refractivity contribution in [3.05, 3.63) is 40.7 Å². The van der Waals surface area contributed by atoms with Crippen molar-refractivity contribution in [1.82, 2.24) is 14.6 Å². The third-order valence-corrected chi connectivity index (χ3v) is 6.65. The van der Waals surface area contributed by atoms with E-state index in [-0.39, 0.29) is 17.9 Å². The van der Waals surface area contributed by atoms with Crippen molar-refractivity contribution in [1.29, 1.82) is 0 Å². The summed E-state index contributed by atoms with van der Waals surface area (Å²) in [6.07, 6.45) is 5.40. The summed E-state index contributed by atoms with van der Waals surface area (Å²) in [5.41, 5.74) is 8.03. The highest BCUT2D eigenvalue weighted by atomic mass is 35.5. The second-order valence-electron chi connectivity index (χ2n) is 8.51. The van der Waals surface area contributed by atoms with Crippen LogP contribution in [0.2, 0.25) is 0 Å². The summed E-state index contributed by atoms with van der Waals surface area (Å²) in [6, 6.07) is 6.22. The Morgan fingerprint density at radius 3 is 2.53 bits per heavy atom. The van der Waals surface area contributed by atoms with E-state index >= 15 is 0 Å². The number of rotatable bonds is 6. The van der Waals surface area contributed by atoms with Crippen LogP contribution in [-0.4, -0.2) is 27.2 Å². The summed E-state index contributed by atoms with van der Waals surface area (Å²) in [4.78, 5) is 5.11. The number of benzene rings is 1. The average molecular weight is 429 g/mol. The molecule has 0 saturated heterocycles. The molecule has 30 heavy (non-hydrogen) atoms. The molecular formula is C24H33ClN4O. The topological polar surface area (TPSA) is 51.5 Å². The number of hydrogen-bond donors (Lipinski definition) is 1. The number of aryl methyl sites for hydroxylation is 3. The van der Waals surface area contributed by atoms with Gasteiger partial charge in [0.05, 0.1) is 12.8 Å². The molecule has 0 saturated carbocycles. The summed E-state index contributed by atoms with van der Waals surface area (Å²) in [5, 5.41) is 8.83. The lowest BCUT2D eigenvalue weighted by Gasteiger charge is -2.30. The Balaban J connectivity index is 0.00000256. The Bertz CT molecular complexity index is 1070. The number of methoxy groups -OCH3 is 1. The van der Waals surface area contributed by atoms with E-state index < -0.39 is 0 Å². The molecule has 5 nitrogen and oxygen atoms in total. The zero-order valence-electron chi connectivity index (χ0n) is 18.9. The molecule has 0 atom stereocenters. The number of aromatic nitrogens is 3. The molecule has 0 spiro atoms. The van der Waals surface area contributed by atoms with E-state index in [1.807, 2.05) is 6.07 Å². The highest BCUT2D eigenvalue weighted by Gasteiger charge is 2.28. The van der Waals surface area contributed by atoms with Crippen LogP contribution < -0.4 is 10.1 Å². The van der Waals surface area contributed by atoms with Gasteiger partial charge in [0, 0.05) is 22.4 Å². The molecule has 1 N–H and O–H groups in total. The fraction of sp³-hybridized carbons (Fsp3) is 0.500. The first-order valence-electron chi connectivity index (χ1n) is 10.7. The summed E-state index contributed by atoms with van der Waals surface area (Å²) < 4.78 is 7.46. The van der Waals surface area contributed by atoms with Crippen molar-refractivity contribution in [3.8, 4) is 16.9 Å². The van der Waals surface area contributed by atoms with Gasteiger partial charge in [-0.2, -0.15) is 9.61 Å². The van der Waals surface area contributed by atoms with E-state index in [9.17, 15) is 0 Å². The Morgan fingerprint density at radius 2 is 1.90 bits per heavy atom. The lowest BCUT2D eigenvalue weighted by Crippen LogP contribution is -2.34. The molecule has 1 aliphatic rings. The van der Waals surface area contributed by atoms with Crippen LogP contribution in [0.4, 0.5) is 5.82 Å². The Kier molecular flexibility index (Phi) is 6.32. The van der Waals surface area contributed by atoms with Crippen molar-refractivity contribution < 1.29 is 4.74 Å². The molecule has 0 fully saturated rings. The van der Waals surface area contributed by atoms with Gasteiger partial charge in [0.25, 0.3) is 0 Å². The van der Waals surface area contributed by atoms with Crippen LogP contribution in [0.1, 0.15) is 62.5 Å². The van der Waals surface area contributed by atoms with Gasteiger partial charge in [0.2, 0.25) is 0 Å². The van der Waals surface area contributed by atoms with Gasteiger partial charge in [0.15, 0.2) is 5.65 Å². The fourth-order valence-electron chi connectivity index (χ4n) is 4.34. The zero-order valence-corrected chi connectivity index (χ0v) is 19.7. The first kappa shape index (κ1) is 22.4.